The quantitative estimate of drug-likeness (QED) is 0.266. The normalized spacial score (nSPS) is 8.75. The zero-order chi connectivity index (χ0) is 6.41. The van der Waals surface area contributed by atoms with E-state index in [1.165, 1.54) is 18.7 Å². The first-order valence-electron chi connectivity index (χ1n) is 2.04. The fourth-order valence-corrected chi connectivity index (χ4v) is 0.657. The Morgan fingerprint density at radius 2 is 2.50 bits per heavy atom. The summed E-state index contributed by atoms with van der Waals surface area (Å²) in [6, 6.07) is 0. The van der Waals surface area contributed by atoms with Gasteiger partial charge < -0.3 is 4.74 Å². The lowest BCUT2D eigenvalue weighted by molar-refractivity contribution is -0.138. The summed E-state index contributed by atoms with van der Waals surface area (Å²) >= 11 is 6.62. The average molecular weight is 155 g/mol. The predicted octanol–water partition coefficient (Wildman–Crippen LogP) is 1.44. The van der Waals surface area contributed by atoms with Crippen LogP contribution in [0.5, 0.6) is 0 Å². The Morgan fingerprint density at radius 1 is 1.88 bits per heavy atom. The fraction of sp³-hybridized carbons (Fsp3) is 0.750. The maximum atomic E-state index is 10.0. The summed E-state index contributed by atoms with van der Waals surface area (Å²) in [4.78, 5) is 10.0. The smallest absolute Gasteiger partial charge is 0.303 e. The van der Waals surface area contributed by atoms with Crippen LogP contribution in [0.1, 0.15) is 6.92 Å². The van der Waals surface area contributed by atoms with Crippen LogP contribution in [0.4, 0.5) is 0 Å². The summed E-state index contributed by atoms with van der Waals surface area (Å²) < 4.78 is 4.52. The van der Waals surface area contributed by atoms with E-state index in [1.807, 2.05) is 0 Å². The molecule has 0 unspecified atom stereocenters. The van der Waals surface area contributed by atoms with Gasteiger partial charge in [0.2, 0.25) is 0 Å². The minimum atomic E-state index is -0.261. The van der Waals surface area contributed by atoms with E-state index in [9.17, 15) is 4.79 Å². The van der Waals surface area contributed by atoms with Gasteiger partial charge in [0.25, 0.3) is 0 Å². The van der Waals surface area contributed by atoms with Crippen LogP contribution in [0.2, 0.25) is 0 Å². The summed E-state index contributed by atoms with van der Waals surface area (Å²) in [6.07, 6.45) is 0. The zero-order valence-corrected chi connectivity index (χ0v) is 6.09. The highest BCUT2D eigenvalue weighted by Crippen LogP contribution is 2.01. The fourth-order valence-electron chi connectivity index (χ4n) is 0.156. The van der Waals surface area contributed by atoms with Crippen LogP contribution in [0.25, 0.3) is 0 Å². The highest BCUT2D eigenvalue weighted by Gasteiger charge is 1.88. The molecule has 4 heteroatoms. The molecule has 0 fully saturated rings. The molecule has 0 rings (SSSR count). The van der Waals surface area contributed by atoms with E-state index in [0.29, 0.717) is 11.2 Å². The zero-order valence-electron chi connectivity index (χ0n) is 4.52. The number of thioether (sulfide) groups is 1. The van der Waals surface area contributed by atoms with Gasteiger partial charge in [0.1, 0.15) is 5.94 Å². The molecule has 0 bridgehead atoms. The lowest BCUT2D eigenvalue weighted by Gasteiger charge is -1.95. The van der Waals surface area contributed by atoms with Crippen LogP contribution < -0.4 is 0 Å². The molecule has 0 atom stereocenters. The van der Waals surface area contributed by atoms with Crippen molar-refractivity contribution in [3.05, 3.63) is 0 Å². The van der Waals surface area contributed by atoms with Crippen molar-refractivity contribution in [1.29, 1.82) is 0 Å². The highest BCUT2D eigenvalue weighted by atomic mass is 35.5. The molecule has 0 aromatic carbocycles. The monoisotopic (exact) mass is 154 g/mol. The molecule has 0 saturated carbocycles. The molecule has 0 radical (unpaired) electrons. The molecular weight excluding hydrogens is 148 g/mol. The van der Waals surface area contributed by atoms with E-state index in [1.54, 1.807) is 0 Å². The topological polar surface area (TPSA) is 26.3 Å². The second-order valence-electron chi connectivity index (χ2n) is 1.07. The largest absolute Gasteiger partial charge is 0.455 e. The van der Waals surface area contributed by atoms with Crippen molar-refractivity contribution in [2.24, 2.45) is 0 Å². The Kier molecular flexibility index (Phi) is 5.32. The molecule has 0 aromatic rings. The van der Waals surface area contributed by atoms with Gasteiger partial charge in [0, 0.05) is 6.92 Å². The van der Waals surface area contributed by atoms with Crippen molar-refractivity contribution in [2.75, 3.05) is 11.2 Å². The molecule has 0 heterocycles. The first-order chi connectivity index (χ1) is 3.77. The molecule has 0 N–H and O–H groups in total. The standard InChI is InChI=1S/C4H7ClO2S/c1-4(6)7-3-8-2-5/h2-3H2,1H3. The summed E-state index contributed by atoms with van der Waals surface area (Å²) in [5.41, 5.74) is 0. The lowest BCUT2D eigenvalue weighted by atomic mass is 10.8. The summed E-state index contributed by atoms with van der Waals surface area (Å²) in [7, 11) is 0. The Hall–Kier alpha value is 0.110. The molecule has 48 valence electrons. The van der Waals surface area contributed by atoms with Gasteiger partial charge in [0.15, 0.2) is 0 Å². The van der Waals surface area contributed by atoms with Gasteiger partial charge in [-0.1, -0.05) is 0 Å². The van der Waals surface area contributed by atoms with Gasteiger partial charge in [-0.05, 0) is 0 Å². The average Bonchev–Trinajstić information content (AvgIpc) is 1.66. The number of carbonyl (C=O) groups is 1. The Labute approximate surface area is 57.5 Å². The SMILES string of the molecule is CC(=O)OCSCCl. The van der Waals surface area contributed by atoms with E-state index in [4.69, 9.17) is 11.6 Å². The van der Waals surface area contributed by atoms with Gasteiger partial charge in [-0.25, -0.2) is 0 Å². The van der Waals surface area contributed by atoms with Crippen molar-refractivity contribution < 1.29 is 9.53 Å². The predicted molar refractivity (Wildman–Crippen MR) is 34.9 cm³/mol. The van der Waals surface area contributed by atoms with Crippen LogP contribution in [0.3, 0.4) is 0 Å². The summed E-state index contributed by atoms with van der Waals surface area (Å²) in [5.74, 6) is 0.0985. The summed E-state index contributed by atoms with van der Waals surface area (Å²) in [5, 5.41) is 0.466. The van der Waals surface area contributed by atoms with Crippen LogP contribution in [-0.4, -0.2) is 17.1 Å². The van der Waals surface area contributed by atoms with Crippen molar-refractivity contribution >= 4 is 29.3 Å². The Balaban J connectivity index is 2.82. The molecule has 2 nitrogen and oxygen atoms in total. The minimum absolute atomic E-state index is 0.261. The molecule has 8 heavy (non-hydrogen) atoms. The first kappa shape index (κ1) is 8.11. The van der Waals surface area contributed by atoms with E-state index >= 15 is 0 Å². The number of esters is 1. The Bertz CT molecular complexity index is 76.4. The minimum Gasteiger partial charge on any atom is -0.455 e. The van der Waals surface area contributed by atoms with Gasteiger partial charge >= 0.3 is 5.97 Å². The number of hydrogen-bond acceptors (Lipinski definition) is 3. The van der Waals surface area contributed by atoms with Crippen molar-refractivity contribution in [3.63, 3.8) is 0 Å². The van der Waals surface area contributed by atoms with Crippen molar-refractivity contribution in [2.45, 2.75) is 6.92 Å². The van der Waals surface area contributed by atoms with Crippen molar-refractivity contribution in [1.82, 2.24) is 0 Å². The third-order valence-electron chi connectivity index (χ3n) is 0.423. The Morgan fingerprint density at radius 3 is 2.88 bits per heavy atom. The van der Waals surface area contributed by atoms with E-state index < -0.39 is 0 Å². The van der Waals surface area contributed by atoms with Crippen LogP contribution in [0, 0.1) is 0 Å². The van der Waals surface area contributed by atoms with E-state index in [2.05, 4.69) is 4.74 Å². The highest BCUT2D eigenvalue weighted by molar-refractivity contribution is 8.00. The molecule has 0 aliphatic carbocycles. The number of ether oxygens (including phenoxy) is 1. The number of rotatable bonds is 3. The van der Waals surface area contributed by atoms with Gasteiger partial charge in [-0.3, -0.25) is 4.79 Å². The second-order valence-corrected chi connectivity index (χ2v) is 2.58. The third kappa shape index (κ3) is 6.11. The maximum absolute atomic E-state index is 10.0. The number of halogens is 1. The van der Waals surface area contributed by atoms with Crippen LogP contribution in [-0.2, 0) is 9.53 Å². The number of hydrogen-bond donors (Lipinski definition) is 0. The van der Waals surface area contributed by atoms with Gasteiger partial charge in [0.05, 0.1) is 5.21 Å². The van der Waals surface area contributed by atoms with Crippen LogP contribution >= 0.6 is 23.4 Å². The van der Waals surface area contributed by atoms with Crippen molar-refractivity contribution in [3.8, 4) is 0 Å². The van der Waals surface area contributed by atoms with Crippen LogP contribution in [0.15, 0.2) is 0 Å². The molecule has 0 aromatic heterocycles. The van der Waals surface area contributed by atoms with E-state index in [0.717, 1.165) is 0 Å². The molecule has 0 amide bonds. The number of alkyl halides is 1. The second kappa shape index (κ2) is 5.25. The molecule has 0 aliphatic heterocycles. The molecular formula is C4H7ClO2S. The van der Waals surface area contributed by atoms with Gasteiger partial charge in [-0.15, -0.1) is 23.4 Å². The number of carbonyl (C=O) groups excluding carboxylic acids is 1. The lowest BCUT2D eigenvalue weighted by Crippen LogP contribution is -1.96. The molecule has 0 saturated heterocycles. The summed E-state index contributed by atoms with van der Waals surface area (Å²) in [6.45, 7) is 1.37. The third-order valence-corrected chi connectivity index (χ3v) is 1.32. The van der Waals surface area contributed by atoms with E-state index in [-0.39, 0.29) is 5.97 Å². The molecule has 0 aliphatic rings. The first-order valence-corrected chi connectivity index (χ1v) is 3.73. The maximum Gasteiger partial charge on any atom is 0.303 e. The molecule has 0 spiro atoms. The van der Waals surface area contributed by atoms with Gasteiger partial charge in [-0.2, -0.15) is 0 Å².